The summed E-state index contributed by atoms with van der Waals surface area (Å²) in [5, 5.41) is 3.01. The molecule has 0 saturated carbocycles. The van der Waals surface area contributed by atoms with E-state index in [0.717, 1.165) is 15.9 Å². The highest BCUT2D eigenvalue weighted by Gasteiger charge is 2.42. The Kier molecular flexibility index (Phi) is 4.55. The van der Waals surface area contributed by atoms with Crippen molar-refractivity contribution in [3.63, 3.8) is 0 Å². The SMILES string of the molecule is COC(=O)[P](c1ccccc1)(c1ccccc1)c1ccccc1. The first-order chi connectivity index (χ1) is 11.3. The highest BCUT2D eigenvalue weighted by Crippen LogP contribution is 2.56. The zero-order valence-electron chi connectivity index (χ0n) is 12.9. The summed E-state index contributed by atoms with van der Waals surface area (Å²) in [5.74, 6) is 0. The number of hydrogen-bond acceptors (Lipinski definition) is 2. The maximum Gasteiger partial charge on any atom is 0.334 e. The molecule has 3 aromatic carbocycles. The van der Waals surface area contributed by atoms with Gasteiger partial charge in [-0.15, -0.1) is 0 Å². The van der Waals surface area contributed by atoms with Gasteiger partial charge in [-0.25, -0.2) is 4.79 Å². The lowest BCUT2D eigenvalue weighted by Gasteiger charge is -2.34. The largest absolute Gasteiger partial charge is 0.465 e. The van der Waals surface area contributed by atoms with E-state index in [2.05, 4.69) is 0 Å². The van der Waals surface area contributed by atoms with Gasteiger partial charge in [0.2, 0.25) is 0 Å². The molecule has 0 aliphatic carbocycles. The monoisotopic (exact) mass is 321 g/mol. The summed E-state index contributed by atoms with van der Waals surface area (Å²) in [6, 6.07) is 29.8. The first-order valence-electron chi connectivity index (χ1n) is 7.44. The first-order valence-corrected chi connectivity index (χ1v) is 9.23. The van der Waals surface area contributed by atoms with E-state index in [1.54, 1.807) is 0 Å². The molecule has 115 valence electrons. The molecule has 0 spiro atoms. The molecule has 0 fully saturated rings. The van der Waals surface area contributed by atoms with Gasteiger partial charge in [0, 0.05) is 0 Å². The Hall–Kier alpha value is -2.44. The molecular weight excluding hydrogens is 303 g/mol. The normalized spacial score (nSPS) is 11.0. The Morgan fingerprint density at radius 2 is 0.957 bits per heavy atom. The van der Waals surface area contributed by atoms with Crippen LogP contribution in [0.2, 0.25) is 0 Å². The minimum absolute atomic E-state index is 0.180. The van der Waals surface area contributed by atoms with Gasteiger partial charge in [0.15, 0.2) is 0 Å². The summed E-state index contributed by atoms with van der Waals surface area (Å²) in [6.07, 6.45) is 0. The molecule has 0 bridgehead atoms. The molecule has 3 rings (SSSR count). The fourth-order valence-electron chi connectivity index (χ4n) is 2.86. The first kappa shape index (κ1) is 15.5. The minimum Gasteiger partial charge on any atom is -0.465 e. The molecule has 0 aromatic heterocycles. The van der Waals surface area contributed by atoms with Gasteiger partial charge >= 0.3 is 5.71 Å². The molecule has 0 atom stereocenters. The topological polar surface area (TPSA) is 26.3 Å². The summed E-state index contributed by atoms with van der Waals surface area (Å²) >= 11 is 0. The van der Waals surface area contributed by atoms with Crippen molar-refractivity contribution in [2.75, 3.05) is 7.11 Å². The summed E-state index contributed by atoms with van der Waals surface area (Å²) < 4.78 is 5.29. The third kappa shape index (κ3) is 2.67. The highest BCUT2D eigenvalue weighted by atomic mass is 31.2. The lowest BCUT2D eigenvalue weighted by atomic mass is 10.4. The molecule has 0 unspecified atom stereocenters. The van der Waals surface area contributed by atoms with Crippen LogP contribution < -0.4 is 15.9 Å². The van der Waals surface area contributed by atoms with Crippen LogP contribution in [-0.4, -0.2) is 12.8 Å². The number of rotatable bonds is 4. The smallest absolute Gasteiger partial charge is 0.334 e. The minimum atomic E-state index is -2.51. The van der Waals surface area contributed by atoms with Gasteiger partial charge in [-0.2, -0.15) is 0 Å². The van der Waals surface area contributed by atoms with Crippen LogP contribution in [0.5, 0.6) is 0 Å². The summed E-state index contributed by atoms with van der Waals surface area (Å²) in [6.45, 7) is 0. The van der Waals surface area contributed by atoms with Gasteiger partial charge in [0.25, 0.3) is 0 Å². The van der Waals surface area contributed by atoms with E-state index in [0.29, 0.717) is 0 Å². The van der Waals surface area contributed by atoms with Gasteiger partial charge in [-0.1, -0.05) is 91.0 Å². The van der Waals surface area contributed by atoms with Crippen LogP contribution in [0.25, 0.3) is 0 Å². The second kappa shape index (κ2) is 6.76. The fraction of sp³-hybridized carbons (Fsp3) is 0.0500. The number of methoxy groups -OCH3 is 1. The summed E-state index contributed by atoms with van der Waals surface area (Å²) in [4.78, 5) is 13.1. The molecule has 3 aromatic rings. The van der Waals surface area contributed by atoms with E-state index in [1.807, 2.05) is 91.0 Å². The van der Waals surface area contributed by atoms with Gasteiger partial charge in [-0.05, 0) is 15.9 Å². The molecular formula is C20H18O2P. The Morgan fingerprint density at radius 3 is 1.22 bits per heavy atom. The van der Waals surface area contributed by atoms with E-state index in [4.69, 9.17) is 4.74 Å². The predicted molar refractivity (Wildman–Crippen MR) is 97.6 cm³/mol. The van der Waals surface area contributed by atoms with Gasteiger partial charge in [0.05, 0.1) is 14.4 Å². The molecule has 0 N–H and O–H groups in total. The second-order valence-corrected chi connectivity index (χ2v) is 8.40. The zero-order valence-corrected chi connectivity index (χ0v) is 13.8. The van der Waals surface area contributed by atoms with Gasteiger partial charge < -0.3 is 4.74 Å². The van der Waals surface area contributed by atoms with Crippen molar-refractivity contribution in [1.29, 1.82) is 0 Å². The Balaban J connectivity index is 2.38. The Labute approximate surface area is 137 Å². The maximum absolute atomic E-state index is 13.1. The van der Waals surface area contributed by atoms with Crippen molar-refractivity contribution in [3.05, 3.63) is 91.0 Å². The van der Waals surface area contributed by atoms with E-state index in [9.17, 15) is 4.79 Å². The van der Waals surface area contributed by atoms with Gasteiger partial charge in [0.1, 0.15) is 0 Å². The molecule has 0 aliphatic heterocycles. The van der Waals surface area contributed by atoms with E-state index >= 15 is 0 Å². The van der Waals surface area contributed by atoms with E-state index in [-0.39, 0.29) is 5.71 Å². The van der Waals surface area contributed by atoms with Crippen LogP contribution in [-0.2, 0) is 4.74 Å². The molecule has 0 saturated heterocycles. The average Bonchev–Trinajstić information content (AvgIpc) is 2.65. The number of hydrogen-bond donors (Lipinski definition) is 0. The van der Waals surface area contributed by atoms with Crippen LogP contribution in [0.3, 0.4) is 0 Å². The van der Waals surface area contributed by atoms with Gasteiger partial charge in [-0.3, -0.25) is 0 Å². The van der Waals surface area contributed by atoms with Crippen molar-refractivity contribution >= 4 is 28.9 Å². The molecule has 2 nitrogen and oxygen atoms in total. The molecule has 3 heteroatoms. The van der Waals surface area contributed by atoms with Crippen LogP contribution in [0.1, 0.15) is 0 Å². The summed E-state index contributed by atoms with van der Waals surface area (Å²) in [7, 11) is -1.04. The van der Waals surface area contributed by atoms with E-state index < -0.39 is 7.26 Å². The Bertz CT molecular complexity index is 674. The predicted octanol–water partition coefficient (Wildman–Crippen LogP) is 3.75. The van der Waals surface area contributed by atoms with E-state index in [1.165, 1.54) is 7.11 Å². The number of ether oxygens (including phenoxy) is 1. The average molecular weight is 321 g/mol. The molecule has 0 aliphatic rings. The lowest BCUT2D eigenvalue weighted by Crippen LogP contribution is -2.36. The summed E-state index contributed by atoms with van der Waals surface area (Å²) in [5.41, 5.74) is -0.180. The third-order valence-corrected chi connectivity index (χ3v) is 7.83. The Morgan fingerprint density at radius 1 is 0.652 bits per heavy atom. The van der Waals surface area contributed by atoms with Crippen molar-refractivity contribution in [3.8, 4) is 0 Å². The standard InChI is InChI=1S/C20H18O2P/c1-22-20(21)23(17-11-5-2-6-12-17,18-13-7-3-8-14-18)19-15-9-4-10-16-19/h2-16H,1H3. The van der Waals surface area contributed by atoms with Crippen molar-refractivity contribution in [2.45, 2.75) is 0 Å². The maximum atomic E-state index is 13.1. The molecule has 0 heterocycles. The molecule has 23 heavy (non-hydrogen) atoms. The fourth-order valence-corrected chi connectivity index (χ4v) is 6.51. The van der Waals surface area contributed by atoms with Crippen molar-refractivity contribution < 1.29 is 9.53 Å². The van der Waals surface area contributed by atoms with Crippen molar-refractivity contribution in [2.24, 2.45) is 0 Å². The highest BCUT2D eigenvalue weighted by molar-refractivity contribution is 8.07. The molecule has 1 radical (unpaired) electrons. The molecule has 0 amide bonds. The van der Waals surface area contributed by atoms with Crippen LogP contribution in [0.15, 0.2) is 91.0 Å². The van der Waals surface area contributed by atoms with Crippen LogP contribution in [0.4, 0.5) is 4.79 Å². The number of carbonyl (C=O) groups is 1. The number of carbonyl (C=O) groups excluding carboxylic acids is 1. The second-order valence-electron chi connectivity index (χ2n) is 5.15. The van der Waals surface area contributed by atoms with Crippen LogP contribution in [0, 0.1) is 0 Å². The third-order valence-electron chi connectivity index (χ3n) is 3.88. The number of benzene rings is 3. The quantitative estimate of drug-likeness (QED) is 0.684. The lowest BCUT2D eigenvalue weighted by molar-refractivity contribution is 0.199. The zero-order chi connectivity index (χ0) is 16.1. The van der Waals surface area contributed by atoms with Crippen molar-refractivity contribution in [1.82, 2.24) is 0 Å². The van der Waals surface area contributed by atoms with Crippen LogP contribution >= 0.6 is 7.26 Å².